The lowest BCUT2D eigenvalue weighted by atomic mass is 9.90. The molecule has 0 unspecified atom stereocenters. The van der Waals surface area contributed by atoms with Crippen molar-refractivity contribution in [2.45, 2.75) is 0 Å². The molecule has 2 aromatic heterocycles. The van der Waals surface area contributed by atoms with Gasteiger partial charge in [0.05, 0.1) is 16.7 Å². The van der Waals surface area contributed by atoms with Crippen LogP contribution in [0.3, 0.4) is 0 Å². The second kappa shape index (κ2) is 23.9. The van der Waals surface area contributed by atoms with Crippen LogP contribution in [-0.4, -0.2) is 19.5 Å². The molecule has 4 heteroatoms. The first-order valence-electron chi connectivity index (χ1n) is 31.0. The molecule has 0 aliphatic heterocycles. The van der Waals surface area contributed by atoms with Crippen molar-refractivity contribution in [3.8, 4) is 140 Å². The Morgan fingerprint density at radius 1 is 0.176 bits per heavy atom. The van der Waals surface area contributed by atoms with E-state index in [0.29, 0.717) is 17.5 Å². The summed E-state index contributed by atoms with van der Waals surface area (Å²) in [5.41, 5.74) is 25.6. The van der Waals surface area contributed by atoms with Crippen molar-refractivity contribution in [3.05, 3.63) is 352 Å². The monoisotopic (exact) mass is 1160 g/mol. The minimum absolute atomic E-state index is 0.550. The van der Waals surface area contributed by atoms with E-state index in [1.165, 1.54) is 0 Å². The standard InChI is InChI=1S/C87H58N4/c1-10-28-59(29-11-1)62-46-48-69(49-47-62)85-88-86(72-55-70(60-30-12-2-13-31-60)54-71(56-72)61-32-14-3-15-33-61)90-87(89-85)73-57-78(65-38-20-6-21-39-65)82(79(58-73)66-40-22-7-23-41-66)91-83-76(52-50-74(63-34-16-4-17-35-63)80(83)67-42-24-8-25-43-67)77-53-51-75(64-36-18-5-19-37-64)81(84(77)91)68-44-26-9-27-45-68/h1-58H. The summed E-state index contributed by atoms with van der Waals surface area (Å²) in [7, 11) is 0. The fourth-order valence-electron chi connectivity index (χ4n) is 13.2. The molecule has 0 amide bonds. The fourth-order valence-corrected chi connectivity index (χ4v) is 13.2. The van der Waals surface area contributed by atoms with E-state index >= 15 is 0 Å². The highest BCUT2D eigenvalue weighted by Gasteiger charge is 2.29. The quantitative estimate of drug-likeness (QED) is 0.116. The molecule has 0 atom stereocenters. The highest BCUT2D eigenvalue weighted by Crippen LogP contribution is 2.51. The molecule has 0 saturated heterocycles. The molecule has 0 bridgehead atoms. The van der Waals surface area contributed by atoms with Crippen LogP contribution in [0.2, 0.25) is 0 Å². The van der Waals surface area contributed by atoms with Gasteiger partial charge in [-0.1, -0.05) is 322 Å². The van der Waals surface area contributed by atoms with Gasteiger partial charge in [-0.15, -0.1) is 0 Å². The Balaban J connectivity index is 1.05. The Kier molecular flexibility index (Phi) is 14.2. The fraction of sp³-hybridized carbons (Fsp3) is 0. The molecule has 0 aliphatic carbocycles. The van der Waals surface area contributed by atoms with Crippen molar-refractivity contribution in [2.75, 3.05) is 0 Å². The zero-order chi connectivity index (χ0) is 60.5. The van der Waals surface area contributed by atoms with Crippen LogP contribution in [0.1, 0.15) is 0 Å². The van der Waals surface area contributed by atoms with Gasteiger partial charge in [0.2, 0.25) is 0 Å². The van der Waals surface area contributed by atoms with Crippen LogP contribution < -0.4 is 0 Å². The molecule has 0 spiro atoms. The van der Waals surface area contributed by atoms with E-state index in [0.717, 1.165) is 144 Å². The predicted molar refractivity (Wildman–Crippen MR) is 379 cm³/mol. The number of rotatable bonds is 13. The lowest BCUT2D eigenvalue weighted by molar-refractivity contribution is 1.07. The summed E-state index contributed by atoms with van der Waals surface area (Å²) in [6, 6.07) is 126. The summed E-state index contributed by atoms with van der Waals surface area (Å²) in [5, 5.41) is 2.29. The second-order valence-electron chi connectivity index (χ2n) is 23.0. The van der Waals surface area contributed by atoms with Crippen LogP contribution in [0.15, 0.2) is 352 Å². The number of benzene rings is 14. The third-order valence-electron chi connectivity index (χ3n) is 17.4. The summed E-state index contributed by atoms with van der Waals surface area (Å²) in [6.07, 6.45) is 0. The van der Waals surface area contributed by atoms with E-state index in [4.69, 9.17) is 15.0 Å². The van der Waals surface area contributed by atoms with E-state index in [-0.39, 0.29) is 0 Å². The van der Waals surface area contributed by atoms with E-state index in [1.54, 1.807) is 0 Å². The topological polar surface area (TPSA) is 43.6 Å². The number of nitrogens with zero attached hydrogens (tertiary/aromatic N) is 4. The van der Waals surface area contributed by atoms with Gasteiger partial charge in [0.25, 0.3) is 0 Å². The lowest BCUT2D eigenvalue weighted by Crippen LogP contribution is -2.06. The van der Waals surface area contributed by atoms with Crippen LogP contribution >= 0.6 is 0 Å². The largest absolute Gasteiger partial charge is 0.307 e. The van der Waals surface area contributed by atoms with Gasteiger partial charge in [-0.2, -0.15) is 0 Å². The minimum Gasteiger partial charge on any atom is -0.307 e. The molecule has 0 N–H and O–H groups in total. The van der Waals surface area contributed by atoms with Gasteiger partial charge >= 0.3 is 0 Å². The number of aromatic nitrogens is 4. The molecule has 16 aromatic rings. The zero-order valence-corrected chi connectivity index (χ0v) is 49.8. The molecule has 14 aromatic carbocycles. The molecule has 91 heavy (non-hydrogen) atoms. The molecule has 426 valence electrons. The normalized spacial score (nSPS) is 11.3. The molecule has 0 radical (unpaired) electrons. The summed E-state index contributed by atoms with van der Waals surface area (Å²) < 4.78 is 2.63. The van der Waals surface area contributed by atoms with Crippen molar-refractivity contribution in [1.82, 2.24) is 19.5 Å². The Morgan fingerprint density at radius 2 is 0.429 bits per heavy atom. The maximum Gasteiger partial charge on any atom is 0.164 e. The van der Waals surface area contributed by atoms with Crippen molar-refractivity contribution in [2.24, 2.45) is 0 Å². The molecular weight excluding hydrogens is 1100 g/mol. The summed E-state index contributed by atoms with van der Waals surface area (Å²) in [4.78, 5) is 16.7. The molecule has 0 fully saturated rings. The van der Waals surface area contributed by atoms with Crippen molar-refractivity contribution in [3.63, 3.8) is 0 Å². The minimum atomic E-state index is 0.550. The lowest BCUT2D eigenvalue weighted by Gasteiger charge is -2.24. The first-order chi connectivity index (χ1) is 45.1. The predicted octanol–water partition coefficient (Wildman–Crippen LogP) is 23.0. The van der Waals surface area contributed by atoms with E-state index in [9.17, 15) is 0 Å². The average Bonchev–Trinajstić information content (AvgIpc) is 1.56. The summed E-state index contributed by atoms with van der Waals surface area (Å²) >= 11 is 0. The Bertz CT molecular complexity index is 4990. The van der Waals surface area contributed by atoms with Crippen LogP contribution in [0.4, 0.5) is 0 Å². The highest BCUT2D eigenvalue weighted by molar-refractivity contribution is 6.22. The smallest absolute Gasteiger partial charge is 0.164 e. The third-order valence-corrected chi connectivity index (χ3v) is 17.4. The molecule has 0 saturated carbocycles. The Hall–Kier alpha value is -12.1. The highest BCUT2D eigenvalue weighted by atomic mass is 15.0. The van der Waals surface area contributed by atoms with Gasteiger partial charge in [-0.25, -0.2) is 15.0 Å². The third kappa shape index (κ3) is 10.4. The summed E-state index contributed by atoms with van der Waals surface area (Å²) in [5.74, 6) is 1.69. The molecular formula is C87H58N4. The SMILES string of the molecule is c1ccc(-c2ccc(-c3nc(-c4cc(-c5ccccc5)cc(-c5ccccc5)c4)nc(-c4cc(-c5ccccc5)c(-n5c6c(-c7ccccc7)c(-c7ccccc7)ccc6c6ccc(-c7ccccc7)c(-c7ccccc7)c65)c(-c5ccccc5)c4)n3)cc2)cc1. The van der Waals surface area contributed by atoms with Crippen LogP contribution in [0.25, 0.3) is 162 Å². The van der Waals surface area contributed by atoms with E-state index in [1.807, 2.05) is 0 Å². The number of hydrogen-bond donors (Lipinski definition) is 0. The van der Waals surface area contributed by atoms with Crippen LogP contribution in [0.5, 0.6) is 0 Å². The maximum atomic E-state index is 5.66. The Morgan fingerprint density at radius 3 is 0.780 bits per heavy atom. The Labute approximate surface area is 530 Å². The van der Waals surface area contributed by atoms with Crippen molar-refractivity contribution >= 4 is 21.8 Å². The second-order valence-corrected chi connectivity index (χ2v) is 23.0. The van der Waals surface area contributed by atoms with Gasteiger partial charge in [0, 0.05) is 49.7 Å². The van der Waals surface area contributed by atoms with Crippen LogP contribution in [-0.2, 0) is 0 Å². The van der Waals surface area contributed by atoms with E-state index < -0.39 is 0 Å². The molecule has 0 aliphatic rings. The molecule has 4 nitrogen and oxygen atoms in total. The van der Waals surface area contributed by atoms with Crippen molar-refractivity contribution in [1.29, 1.82) is 0 Å². The molecule has 16 rings (SSSR count). The van der Waals surface area contributed by atoms with Gasteiger partial charge in [-0.3, -0.25) is 0 Å². The molecule has 2 heterocycles. The van der Waals surface area contributed by atoms with Crippen molar-refractivity contribution < 1.29 is 0 Å². The van der Waals surface area contributed by atoms with Crippen LogP contribution in [0, 0.1) is 0 Å². The van der Waals surface area contributed by atoms with E-state index in [2.05, 4.69) is 356 Å². The maximum absolute atomic E-state index is 5.66. The first kappa shape index (κ1) is 54.3. The zero-order valence-electron chi connectivity index (χ0n) is 49.8. The summed E-state index contributed by atoms with van der Waals surface area (Å²) in [6.45, 7) is 0. The van der Waals surface area contributed by atoms with Gasteiger partial charge in [0.1, 0.15) is 0 Å². The van der Waals surface area contributed by atoms with Gasteiger partial charge < -0.3 is 4.57 Å². The van der Waals surface area contributed by atoms with Gasteiger partial charge in [0.15, 0.2) is 17.5 Å². The first-order valence-corrected chi connectivity index (χ1v) is 31.0. The average molecular weight is 1160 g/mol. The number of fused-ring (bicyclic) bond motifs is 3. The number of hydrogen-bond acceptors (Lipinski definition) is 3. The van der Waals surface area contributed by atoms with Gasteiger partial charge in [-0.05, 0) is 108 Å².